The van der Waals surface area contributed by atoms with Crippen LogP contribution < -0.4 is 19.7 Å². The van der Waals surface area contributed by atoms with Crippen molar-refractivity contribution in [2.75, 3.05) is 32.2 Å². The maximum atomic E-state index is 12.0. The second-order valence-electron chi connectivity index (χ2n) is 5.39. The number of ether oxygens (including phenoxy) is 2. The Morgan fingerprint density at radius 2 is 1.91 bits per heavy atom. The van der Waals surface area contributed by atoms with E-state index in [9.17, 15) is 9.59 Å². The van der Waals surface area contributed by atoms with Crippen LogP contribution in [0.2, 0.25) is 5.02 Å². The van der Waals surface area contributed by atoms with E-state index in [1.54, 1.807) is 12.1 Å². The molecule has 0 radical (unpaired) electrons. The summed E-state index contributed by atoms with van der Waals surface area (Å²) in [5, 5.41) is 3.25. The van der Waals surface area contributed by atoms with Crippen LogP contribution >= 0.6 is 11.6 Å². The number of rotatable bonds is 7. The summed E-state index contributed by atoms with van der Waals surface area (Å²) in [6.07, 6.45) is 1.90. The van der Waals surface area contributed by atoms with Crippen LogP contribution in [0.1, 0.15) is 19.8 Å². The molecule has 6 nitrogen and oxygen atoms in total. The molecule has 0 aromatic heterocycles. The molecule has 0 bridgehead atoms. The predicted molar refractivity (Wildman–Crippen MR) is 88.3 cm³/mol. The summed E-state index contributed by atoms with van der Waals surface area (Å²) in [6.45, 7) is 2.18. The van der Waals surface area contributed by atoms with Gasteiger partial charge in [-0.1, -0.05) is 11.6 Å². The second kappa shape index (κ2) is 7.55. The topological polar surface area (TPSA) is 67.9 Å². The highest BCUT2D eigenvalue weighted by Crippen LogP contribution is 2.38. The van der Waals surface area contributed by atoms with Crippen LogP contribution in [0.25, 0.3) is 0 Å². The quantitative estimate of drug-likeness (QED) is 0.826. The maximum absolute atomic E-state index is 12.0. The molecule has 1 N–H and O–H groups in total. The molecular formula is C16H21ClN2O4. The van der Waals surface area contributed by atoms with E-state index in [1.165, 1.54) is 26.0 Å². The highest BCUT2D eigenvalue weighted by molar-refractivity contribution is 6.32. The minimum atomic E-state index is -0.159. The Balaban J connectivity index is 2.15. The summed E-state index contributed by atoms with van der Waals surface area (Å²) >= 11 is 6.09. The second-order valence-corrected chi connectivity index (χ2v) is 5.80. The molecular weight excluding hydrogens is 320 g/mol. The van der Waals surface area contributed by atoms with Gasteiger partial charge in [-0.25, -0.2) is 0 Å². The highest BCUT2D eigenvalue weighted by atomic mass is 35.5. The lowest BCUT2D eigenvalue weighted by molar-refractivity contribution is -0.122. The first-order chi connectivity index (χ1) is 11.0. The van der Waals surface area contributed by atoms with E-state index >= 15 is 0 Å². The maximum Gasteiger partial charge on any atom is 0.224 e. The zero-order valence-corrected chi connectivity index (χ0v) is 14.3. The van der Waals surface area contributed by atoms with E-state index in [4.69, 9.17) is 21.1 Å². The van der Waals surface area contributed by atoms with E-state index < -0.39 is 0 Å². The fraction of sp³-hybridized carbons (Fsp3) is 0.500. The predicted octanol–water partition coefficient (Wildman–Crippen LogP) is 2.24. The molecule has 0 spiro atoms. The van der Waals surface area contributed by atoms with Crippen molar-refractivity contribution in [3.05, 3.63) is 17.2 Å². The first kappa shape index (κ1) is 17.4. The standard InChI is InChI=1S/C16H21ClN2O4/c1-10(20)19(7-6-18-16(21)11-4-5-11)13-9-14(22-2)12(17)8-15(13)23-3/h8-9,11H,4-7H2,1-3H3,(H,18,21). The van der Waals surface area contributed by atoms with Crippen molar-refractivity contribution >= 4 is 29.1 Å². The van der Waals surface area contributed by atoms with Crippen molar-refractivity contribution in [3.63, 3.8) is 0 Å². The van der Waals surface area contributed by atoms with E-state index in [2.05, 4.69) is 5.32 Å². The minimum Gasteiger partial charge on any atom is -0.495 e. The zero-order chi connectivity index (χ0) is 17.0. The lowest BCUT2D eigenvalue weighted by atomic mass is 10.2. The van der Waals surface area contributed by atoms with Gasteiger partial charge in [-0.2, -0.15) is 0 Å². The van der Waals surface area contributed by atoms with Crippen LogP contribution in [-0.2, 0) is 9.59 Å². The van der Waals surface area contributed by atoms with Crippen molar-refractivity contribution in [1.29, 1.82) is 0 Å². The van der Waals surface area contributed by atoms with E-state index in [-0.39, 0.29) is 17.7 Å². The van der Waals surface area contributed by atoms with E-state index in [0.717, 1.165) is 12.8 Å². The van der Waals surface area contributed by atoms with Gasteiger partial charge in [0.05, 0.1) is 24.9 Å². The Bertz CT molecular complexity index is 602. The summed E-state index contributed by atoms with van der Waals surface area (Å²) in [6, 6.07) is 3.26. The van der Waals surface area contributed by atoms with Gasteiger partial charge in [0, 0.05) is 38.1 Å². The number of methoxy groups -OCH3 is 2. The number of hydrogen-bond acceptors (Lipinski definition) is 4. The van der Waals surface area contributed by atoms with Crippen LogP contribution in [0.5, 0.6) is 11.5 Å². The molecule has 1 saturated carbocycles. The number of nitrogens with one attached hydrogen (secondary N) is 1. The Morgan fingerprint density at radius 3 is 2.43 bits per heavy atom. The first-order valence-electron chi connectivity index (χ1n) is 7.45. The number of carbonyl (C=O) groups is 2. The third kappa shape index (κ3) is 4.28. The molecule has 0 unspecified atom stereocenters. The minimum absolute atomic E-state index is 0.0501. The summed E-state index contributed by atoms with van der Waals surface area (Å²) in [4.78, 5) is 25.2. The van der Waals surface area contributed by atoms with Crippen LogP contribution in [0.15, 0.2) is 12.1 Å². The first-order valence-corrected chi connectivity index (χ1v) is 7.83. The van der Waals surface area contributed by atoms with Gasteiger partial charge in [0.25, 0.3) is 0 Å². The molecule has 1 fully saturated rings. The Kier molecular flexibility index (Phi) is 5.71. The molecule has 126 valence electrons. The van der Waals surface area contributed by atoms with Crippen molar-refractivity contribution in [2.24, 2.45) is 5.92 Å². The summed E-state index contributed by atoms with van der Waals surface area (Å²) in [7, 11) is 3.01. The summed E-state index contributed by atoms with van der Waals surface area (Å²) < 4.78 is 10.5. The highest BCUT2D eigenvalue weighted by Gasteiger charge is 2.29. The largest absolute Gasteiger partial charge is 0.495 e. The zero-order valence-electron chi connectivity index (χ0n) is 13.5. The number of amides is 2. The van der Waals surface area contributed by atoms with Crippen LogP contribution in [0.3, 0.4) is 0 Å². The van der Waals surface area contributed by atoms with Gasteiger partial charge in [-0.3, -0.25) is 9.59 Å². The number of halogens is 1. The fourth-order valence-corrected chi connectivity index (χ4v) is 2.51. The Labute approximate surface area is 140 Å². The fourth-order valence-electron chi connectivity index (χ4n) is 2.28. The molecule has 2 rings (SSSR count). The molecule has 1 aliphatic rings. The van der Waals surface area contributed by atoms with E-state index in [0.29, 0.717) is 35.3 Å². The monoisotopic (exact) mass is 340 g/mol. The van der Waals surface area contributed by atoms with Crippen molar-refractivity contribution < 1.29 is 19.1 Å². The van der Waals surface area contributed by atoms with Crippen molar-refractivity contribution in [3.8, 4) is 11.5 Å². The summed E-state index contributed by atoms with van der Waals surface area (Å²) in [5.41, 5.74) is 0.557. The molecule has 1 aromatic carbocycles. The number of nitrogens with zero attached hydrogens (tertiary/aromatic N) is 1. The van der Waals surface area contributed by atoms with Crippen LogP contribution in [0.4, 0.5) is 5.69 Å². The van der Waals surface area contributed by atoms with Crippen molar-refractivity contribution in [1.82, 2.24) is 5.32 Å². The Hall–Kier alpha value is -1.95. The number of anilines is 1. The van der Waals surface area contributed by atoms with Gasteiger partial charge in [0.1, 0.15) is 11.5 Å². The molecule has 0 saturated heterocycles. The third-order valence-corrected chi connectivity index (χ3v) is 4.00. The van der Waals surface area contributed by atoms with Gasteiger partial charge < -0.3 is 19.7 Å². The smallest absolute Gasteiger partial charge is 0.224 e. The van der Waals surface area contributed by atoms with Gasteiger partial charge in [-0.05, 0) is 12.8 Å². The molecule has 0 atom stereocenters. The van der Waals surface area contributed by atoms with E-state index in [1.807, 2.05) is 0 Å². The van der Waals surface area contributed by atoms with Crippen LogP contribution in [0, 0.1) is 5.92 Å². The molecule has 1 aromatic rings. The number of hydrogen-bond donors (Lipinski definition) is 1. The van der Waals surface area contributed by atoms with Crippen LogP contribution in [-0.4, -0.2) is 39.1 Å². The van der Waals surface area contributed by atoms with Gasteiger partial charge in [-0.15, -0.1) is 0 Å². The number of carbonyl (C=O) groups excluding carboxylic acids is 2. The molecule has 7 heteroatoms. The molecule has 0 heterocycles. The summed E-state index contributed by atoms with van der Waals surface area (Å²) in [5.74, 6) is 0.962. The average molecular weight is 341 g/mol. The number of benzene rings is 1. The van der Waals surface area contributed by atoms with Gasteiger partial charge in [0.15, 0.2) is 0 Å². The van der Waals surface area contributed by atoms with Gasteiger partial charge >= 0.3 is 0 Å². The van der Waals surface area contributed by atoms with Crippen molar-refractivity contribution in [2.45, 2.75) is 19.8 Å². The molecule has 2 amide bonds. The average Bonchev–Trinajstić information content (AvgIpc) is 3.36. The SMILES string of the molecule is COc1cc(N(CCNC(=O)C2CC2)C(C)=O)c(OC)cc1Cl. The third-order valence-electron chi connectivity index (χ3n) is 3.71. The Morgan fingerprint density at radius 1 is 1.26 bits per heavy atom. The van der Waals surface area contributed by atoms with Gasteiger partial charge in [0.2, 0.25) is 11.8 Å². The lowest BCUT2D eigenvalue weighted by Crippen LogP contribution is -2.38. The molecule has 1 aliphatic carbocycles. The molecule has 23 heavy (non-hydrogen) atoms. The normalized spacial score (nSPS) is 13.4. The molecule has 0 aliphatic heterocycles. The lowest BCUT2D eigenvalue weighted by Gasteiger charge is -2.24.